The summed E-state index contributed by atoms with van der Waals surface area (Å²) in [4.78, 5) is 24.0. The summed E-state index contributed by atoms with van der Waals surface area (Å²) >= 11 is 11.8. The smallest absolute Gasteiger partial charge is 0.324 e. The van der Waals surface area contributed by atoms with E-state index in [2.05, 4.69) is 0 Å². The predicted octanol–water partition coefficient (Wildman–Crippen LogP) is 3.83. The highest BCUT2D eigenvalue weighted by molar-refractivity contribution is 6.42. The third-order valence-corrected chi connectivity index (χ3v) is 4.21. The molecule has 1 rings (SSSR count). The number of rotatable bonds is 6. The van der Waals surface area contributed by atoms with E-state index in [0.717, 1.165) is 0 Å². The molecule has 0 saturated heterocycles. The van der Waals surface area contributed by atoms with Gasteiger partial charge in [-0.15, -0.1) is 0 Å². The molecule has 0 aliphatic heterocycles. The van der Waals surface area contributed by atoms with Crippen LogP contribution in [0.3, 0.4) is 0 Å². The van der Waals surface area contributed by atoms with Gasteiger partial charge in [-0.1, -0.05) is 43.1 Å². The normalized spacial score (nSPS) is 13.8. The maximum atomic E-state index is 12.2. The van der Waals surface area contributed by atoms with Crippen LogP contribution in [-0.4, -0.2) is 23.7 Å². The number of carbonyl (C=O) groups excluding carboxylic acids is 1. The van der Waals surface area contributed by atoms with Crippen molar-refractivity contribution in [2.24, 2.45) is 11.3 Å². The highest BCUT2D eigenvalue weighted by Crippen LogP contribution is 2.35. The first-order valence-electron chi connectivity index (χ1n) is 6.60. The molecule has 0 amide bonds. The Hall–Kier alpha value is -1.26. The van der Waals surface area contributed by atoms with E-state index in [1.807, 2.05) is 0 Å². The fourth-order valence-electron chi connectivity index (χ4n) is 2.15. The molecule has 1 unspecified atom stereocenters. The molecule has 116 valence electrons. The van der Waals surface area contributed by atoms with E-state index in [9.17, 15) is 14.7 Å². The van der Waals surface area contributed by atoms with E-state index in [0.29, 0.717) is 15.6 Å². The van der Waals surface area contributed by atoms with E-state index >= 15 is 0 Å². The summed E-state index contributed by atoms with van der Waals surface area (Å²) in [5.74, 6) is -2.39. The lowest BCUT2D eigenvalue weighted by Gasteiger charge is -2.31. The Kier molecular flexibility index (Phi) is 6.05. The first-order valence-corrected chi connectivity index (χ1v) is 7.35. The molecule has 21 heavy (non-hydrogen) atoms. The highest BCUT2D eigenvalue weighted by Gasteiger charge is 2.50. The average molecular weight is 333 g/mol. The Bertz CT molecular complexity index is 542. The van der Waals surface area contributed by atoms with Crippen LogP contribution in [0.2, 0.25) is 10.0 Å². The molecule has 1 N–H and O–H groups in total. The number of carboxylic acid groups (broad SMARTS) is 1. The SMILES string of the molecule is CCOC(=O)C(Cc1ccc(Cl)c(Cl)c1)(C(=O)O)C(C)C. The van der Waals surface area contributed by atoms with Crippen molar-refractivity contribution in [1.29, 1.82) is 0 Å². The summed E-state index contributed by atoms with van der Waals surface area (Å²) in [6.45, 7) is 5.14. The van der Waals surface area contributed by atoms with Gasteiger partial charge in [-0.05, 0) is 37.0 Å². The lowest BCUT2D eigenvalue weighted by atomic mass is 9.72. The maximum Gasteiger partial charge on any atom is 0.324 e. The number of aliphatic carboxylic acids is 1. The zero-order chi connectivity index (χ0) is 16.2. The van der Waals surface area contributed by atoms with Crippen LogP contribution in [0.4, 0.5) is 0 Å². The summed E-state index contributed by atoms with van der Waals surface area (Å²) in [7, 11) is 0. The molecule has 0 bridgehead atoms. The second-order valence-electron chi connectivity index (χ2n) is 5.08. The molecular formula is C15H18Cl2O4. The van der Waals surface area contributed by atoms with Gasteiger partial charge in [0.2, 0.25) is 0 Å². The van der Waals surface area contributed by atoms with Gasteiger partial charge >= 0.3 is 11.9 Å². The summed E-state index contributed by atoms with van der Waals surface area (Å²) in [6, 6.07) is 4.81. The molecule has 0 heterocycles. The van der Waals surface area contributed by atoms with Crippen LogP contribution < -0.4 is 0 Å². The Labute approximate surface area is 134 Å². The van der Waals surface area contributed by atoms with Gasteiger partial charge in [-0.3, -0.25) is 9.59 Å². The maximum absolute atomic E-state index is 12.2. The summed E-state index contributed by atoms with van der Waals surface area (Å²) < 4.78 is 4.98. The van der Waals surface area contributed by atoms with Crippen LogP contribution in [0.5, 0.6) is 0 Å². The van der Waals surface area contributed by atoms with Crippen molar-refractivity contribution in [3.8, 4) is 0 Å². The quantitative estimate of drug-likeness (QED) is 0.635. The van der Waals surface area contributed by atoms with Crippen molar-refractivity contribution >= 4 is 35.1 Å². The fraction of sp³-hybridized carbons (Fsp3) is 0.467. The van der Waals surface area contributed by atoms with Crippen molar-refractivity contribution in [1.82, 2.24) is 0 Å². The third-order valence-electron chi connectivity index (χ3n) is 3.47. The van der Waals surface area contributed by atoms with Gasteiger partial charge in [0.15, 0.2) is 5.41 Å². The van der Waals surface area contributed by atoms with E-state index in [4.69, 9.17) is 27.9 Å². The van der Waals surface area contributed by atoms with Gasteiger partial charge < -0.3 is 9.84 Å². The number of carboxylic acids is 1. The zero-order valence-electron chi connectivity index (χ0n) is 12.2. The number of ether oxygens (including phenoxy) is 1. The van der Waals surface area contributed by atoms with Gasteiger partial charge in [0.1, 0.15) is 0 Å². The van der Waals surface area contributed by atoms with Gasteiger partial charge in [0.05, 0.1) is 16.7 Å². The van der Waals surface area contributed by atoms with Crippen LogP contribution in [0.1, 0.15) is 26.3 Å². The van der Waals surface area contributed by atoms with Crippen LogP contribution >= 0.6 is 23.2 Å². The topological polar surface area (TPSA) is 63.6 Å². The number of hydrogen-bond donors (Lipinski definition) is 1. The minimum atomic E-state index is -1.65. The summed E-state index contributed by atoms with van der Waals surface area (Å²) in [5, 5.41) is 10.3. The molecule has 0 aromatic heterocycles. The second-order valence-corrected chi connectivity index (χ2v) is 5.89. The summed E-state index contributed by atoms with van der Waals surface area (Å²) in [6.07, 6.45) is -0.00424. The van der Waals surface area contributed by atoms with Crippen molar-refractivity contribution < 1.29 is 19.4 Å². The molecule has 4 nitrogen and oxygen atoms in total. The lowest BCUT2D eigenvalue weighted by Crippen LogP contribution is -2.47. The first-order chi connectivity index (χ1) is 9.75. The van der Waals surface area contributed by atoms with Crippen molar-refractivity contribution in [2.45, 2.75) is 27.2 Å². The molecule has 0 saturated carbocycles. The van der Waals surface area contributed by atoms with Crippen molar-refractivity contribution in [3.05, 3.63) is 33.8 Å². The van der Waals surface area contributed by atoms with Gasteiger partial charge in [0.25, 0.3) is 0 Å². The molecule has 0 spiro atoms. The predicted molar refractivity (Wildman–Crippen MR) is 81.7 cm³/mol. The van der Waals surface area contributed by atoms with Gasteiger partial charge in [-0.25, -0.2) is 0 Å². The van der Waals surface area contributed by atoms with Crippen molar-refractivity contribution in [3.63, 3.8) is 0 Å². The molecule has 1 aromatic carbocycles. The van der Waals surface area contributed by atoms with E-state index in [-0.39, 0.29) is 13.0 Å². The number of halogens is 2. The highest BCUT2D eigenvalue weighted by atomic mass is 35.5. The van der Waals surface area contributed by atoms with Crippen molar-refractivity contribution in [2.75, 3.05) is 6.61 Å². The standard InChI is InChI=1S/C15H18Cl2O4/c1-4-21-14(20)15(9(2)3,13(18)19)8-10-5-6-11(16)12(17)7-10/h5-7,9H,4,8H2,1-3H3,(H,18,19). The van der Waals surface area contributed by atoms with Crippen LogP contribution in [0.15, 0.2) is 18.2 Å². The Morgan fingerprint density at radius 3 is 2.33 bits per heavy atom. The largest absolute Gasteiger partial charge is 0.480 e. The minimum Gasteiger partial charge on any atom is -0.480 e. The van der Waals surface area contributed by atoms with E-state index < -0.39 is 23.3 Å². The Morgan fingerprint density at radius 2 is 1.90 bits per heavy atom. The molecule has 0 aliphatic carbocycles. The minimum absolute atomic E-state index is 0.00424. The van der Waals surface area contributed by atoms with Crippen LogP contribution in [0, 0.1) is 11.3 Å². The molecule has 1 aromatic rings. The first kappa shape index (κ1) is 17.8. The number of hydrogen-bond acceptors (Lipinski definition) is 3. The molecule has 0 fully saturated rings. The van der Waals surface area contributed by atoms with Gasteiger partial charge in [-0.2, -0.15) is 0 Å². The molecule has 1 atom stereocenters. The van der Waals surface area contributed by atoms with E-state index in [1.54, 1.807) is 39.0 Å². The van der Waals surface area contributed by atoms with Crippen LogP contribution in [0.25, 0.3) is 0 Å². The molecule has 0 aliphatic rings. The number of benzene rings is 1. The van der Waals surface area contributed by atoms with Crippen LogP contribution in [-0.2, 0) is 20.7 Å². The monoisotopic (exact) mass is 332 g/mol. The zero-order valence-corrected chi connectivity index (χ0v) is 13.7. The average Bonchev–Trinajstić information content (AvgIpc) is 2.39. The Morgan fingerprint density at radius 1 is 1.29 bits per heavy atom. The van der Waals surface area contributed by atoms with Gasteiger partial charge in [0, 0.05) is 0 Å². The Balaban J connectivity index is 3.26. The molecule has 6 heteroatoms. The summed E-state index contributed by atoms with van der Waals surface area (Å²) in [5.41, 5.74) is -1.03. The third kappa shape index (κ3) is 3.69. The van der Waals surface area contributed by atoms with E-state index in [1.165, 1.54) is 0 Å². The fourth-order valence-corrected chi connectivity index (χ4v) is 2.47. The second kappa shape index (κ2) is 7.14. The molecular weight excluding hydrogens is 315 g/mol. The number of carbonyl (C=O) groups is 2. The number of esters is 1. The molecule has 0 radical (unpaired) electrons. The lowest BCUT2D eigenvalue weighted by molar-refractivity contribution is -0.172.